The van der Waals surface area contributed by atoms with E-state index in [9.17, 15) is 4.79 Å². The van der Waals surface area contributed by atoms with Crippen LogP contribution in [0.2, 0.25) is 0 Å². The zero-order chi connectivity index (χ0) is 12.8. The first kappa shape index (κ1) is 14.7. The van der Waals surface area contributed by atoms with Crippen LogP contribution in [0.1, 0.15) is 17.3 Å². The number of likely N-dealkylation sites (N-methyl/N-ethyl adjacent to an activating group) is 1. The van der Waals surface area contributed by atoms with Gasteiger partial charge in [0.05, 0.1) is 12.2 Å². The molecule has 1 rings (SSSR count). The third kappa shape index (κ3) is 4.08. The van der Waals surface area contributed by atoms with Crippen LogP contribution < -0.4 is 0 Å². The molecule has 5 heteroatoms. The summed E-state index contributed by atoms with van der Waals surface area (Å²) in [7, 11) is 1.63. The summed E-state index contributed by atoms with van der Waals surface area (Å²) in [4.78, 5) is 14.0. The van der Waals surface area contributed by atoms with Gasteiger partial charge in [-0.05, 0) is 41.1 Å². The molecule has 0 heterocycles. The fourth-order valence-corrected chi connectivity index (χ4v) is 2.65. The molecule has 0 aliphatic heterocycles. The largest absolute Gasteiger partial charge is 0.383 e. The van der Waals surface area contributed by atoms with Gasteiger partial charge >= 0.3 is 0 Å². The first-order chi connectivity index (χ1) is 8.10. The van der Waals surface area contributed by atoms with Crippen molar-refractivity contribution in [2.24, 2.45) is 0 Å². The maximum absolute atomic E-state index is 12.2. The van der Waals surface area contributed by atoms with Crippen molar-refractivity contribution in [2.75, 3.05) is 26.8 Å². The molecule has 0 bridgehead atoms. The van der Waals surface area contributed by atoms with Gasteiger partial charge < -0.3 is 9.64 Å². The van der Waals surface area contributed by atoms with Crippen molar-refractivity contribution in [3.8, 4) is 0 Å². The molecule has 0 spiro atoms. The predicted octanol–water partition coefficient (Wildman–Crippen LogP) is 3.32. The van der Waals surface area contributed by atoms with Crippen LogP contribution in [0.25, 0.3) is 0 Å². The van der Waals surface area contributed by atoms with Crippen molar-refractivity contribution in [1.82, 2.24) is 4.90 Å². The summed E-state index contributed by atoms with van der Waals surface area (Å²) in [5.41, 5.74) is 0.672. The van der Waals surface area contributed by atoms with Crippen molar-refractivity contribution >= 4 is 37.8 Å². The molecule has 0 unspecified atom stereocenters. The molecule has 0 radical (unpaired) electrons. The van der Waals surface area contributed by atoms with E-state index in [-0.39, 0.29) is 5.91 Å². The molecule has 94 valence electrons. The summed E-state index contributed by atoms with van der Waals surface area (Å²) < 4.78 is 6.74. The molecule has 0 aromatic heterocycles. The van der Waals surface area contributed by atoms with Crippen LogP contribution in [0.4, 0.5) is 0 Å². The van der Waals surface area contributed by atoms with Gasteiger partial charge in [-0.3, -0.25) is 4.79 Å². The molecule has 0 fully saturated rings. The van der Waals surface area contributed by atoms with Crippen LogP contribution in [0, 0.1) is 0 Å². The summed E-state index contributed by atoms with van der Waals surface area (Å²) in [6.45, 7) is 3.78. The first-order valence-corrected chi connectivity index (χ1v) is 6.92. The van der Waals surface area contributed by atoms with E-state index >= 15 is 0 Å². The molecular weight excluding hydrogens is 350 g/mol. The minimum atomic E-state index is 0.0175. The minimum Gasteiger partial charge on any atom is -0.383 e. The average molecular weight is 365 g/mol. The third-order valence-corrected chi connectivity index (χ3v) is 3.55. The van der Waals surface area contributed by atoms with Gasteiger partial charge in [-0.1, -0.05) is 15.9 Å². The van der Waals surface area contributed by atoms with Gasteiger partial charge in [0, 0.05) is 29.1 Å². The normalized spacial score (nSPS) is 10.4. The molecule has 0 N–H and O–H groups in total. The molecule has 0 saturated heterocycles. The van der Waals surface area contributed by atoms with Crippen molar-refractivity contribution in [3.63, 3.8) is 0 Å². The lowest BCUT2D eigenvalue weighted by molar-refractivity contribution is 0.0705. The van der Waals surface area contributed by atoms with E-state index < -0.39 is 0 Å². The zero-order valence-corrected chi connectivity index (χ0v) is 13.0. The van der Waals surface area contributed by atoms with Gasteiger partial charge in [0.2, 0.25) is 0 Å². The van der Waals surface area contributed by atoms with E-state index in [0.29, 0.717) is 25.3 Å². The van der Waals surface area contributed by atoms with Crippen molar-refractivity contribution < 1.29 is 9.53 Å². The van der Waals surface area contributed by atoms with E-state index in [1.807, 2.05) is 25.1 Å². The molecule has 17 heavy (non-hydrogen) atoms. The number of nitrogens with zero attached hydrogens (tertiary/aromatic N) is 1. The van der Waals surface area contributed by atoms with Gasteiger partial charge in [-0.25, -0.2) is 0 Å². The Balaban J connectivity index is 2.86. The third-order valence-electron chi connectivity index (χ3n) is 2.40. The Labute approximate surface area is 118 Å². The van der Waals surface area contributed by atoms with Crippen LogP contribution in [0.3, 0.4) is 0 Å². The van der Waals surface area contributed by atoms with Gasteiger partial charge in [0.15, 0.2) is 0 Å². The second kappa shape index (κ2) is 7.13. The Bertz CT molecular complexity index is 396. The second-order valence-corrected chi connectivity index (χ2v) is 5.27. The van der Waals surface area contributed by atoms with E-state index in [4.69, 9.17) is 4.74 Å². The number of methoxy groups -OCH3 is 1. The predicted molar refractivity (Wildman–Crippen MR) is 75.3 cm³/mol. The minimum absolute atomic E-state index is 0.0175. The fourth-order valence-electron chi connectivity index (χ4n) is 1.44. The van der Waals surface area contributed by atoms with E-state index in [2.05, 4.69) is 31.9 Å². The van der Waals surface area contributed by atoms with Crippen molar-refractivity contribution in [2.45, 2.75) is 6.92 Å². The number of hydrogen-bond donors (Lipinski definition) is 0. The Hall–Kier alpha value is -0.390. The molecule has 0 aliphatic rings. The quantitative estimate of drug-likeness (QED) is 0.802. The van der Waals surface area contributed by atoms with Crippen molar-refractivity contribution in [3.05, 3.63) is 32.7 Å². The van der Waals surface area contributed by atoms with E-state index in [0.717, 1.165) is 8.95 Å². The maximum atomic E-state index is 12.2. The van der Waals surface area contributed by atoms with Gasteiger partial charge in [-0.2, -0.15) is 0 Å². The fraction of sp³-hybridized carbons (Fsp3) is 0.417. The number of halogens is 2. The van der Waals surface area contributed by atoms with Gasteiger partial charge in [-0.15, -0.1) is 0 Å². The highest BCUT2D eigenvalue weighted by atomic mass is 79.9. The number of benzene rings is 1. The molecule has 3 nitrogen and oxygen atoms in total. The summed E-state index contributed by atoms with van der Waals surface area (Å²) in [6.07, 6.45) is 0. The number of ether oxygens (including phenoxy) is 1. The van der Waals surface area contributed by atoms with Crippen molar-refractivity contribution in [1.29, 1.82) is 0 Å². The standard InChI is InChI=1S/C12H15Br2NO2/c1-3-15(6-7-17-2)12(16)10-5-4-9(13)8-11(10)14/h4-5,8H,3,6-7H2,1-2H3. The lowest BCUT2D eigenvalue weighted by atomic mass is 10.2. The highest BCUT2D eigenvalue weighted by Gasteiger charge is 2.16. The zero-order valence-electron chi connectivity index (χ0n) is 9.87. The SMILES string of the molecule is CCN(CCOC)C(=O)c1ccc(Br)cc1Br. The van der Waals surface area contributed by atoms with Crippen LogP contribution in [-0.2, 0) is 4.74 Å². The molecular formula is C12H15Br2NO2. The number of rotatable bonds is 5. The number of carbonyl (C=O) groups is 1. The van der Waals surface area contributed by atoms with Gasteiger partial charge in [0.25, 0.3) is 5.91 Å². The Kier molecular flexibility index (Phi) is 6.16. The van der Waals surface area contributed by atoms with E-state index in [1.165, 1.54) is 0 Å². The topological polar surface area (TPSA) is 29.5 Å². The molecule has 0 atom stereocenters. The summed E-state index contributed by atoms with van der Waals surface area (Å²) in [5, 5.41) is 0. The lowest BCUT2D eigenvalue weighted by Crippen LogP contribution is -2.33. The summed E-state index contributed by atoms with van der Waals surface area (Å²) >= 11 is 6.77. The Morgan fingerprint density at radius 3 is 2.65 bits per heavy atom. The smallest absolute Gasteiger partial charge is 0.255 e. The highest BCUT2D eigenvalue weighted by Crippen LogP contribution is 2.23. The summed E-state index contributed by atoms with van der Waals surface area (Å²) in [6, 6.07) is 5.55. The Morgan fingerprint density at radius 1 is 1.41 bits per heavy atom. The second-order valence-electron chi connectivity index (χ2n) is 3.50. The molecule has 0 aliphatic carbocycles. The molecule has 0 saturated carbocycles. The molecule has 1 aromatic rings. The summed E-state index contributed by atoms with van der Waals surface area (Å²) in [5.74, 6) is 0.0175. The molecule has 1 aromatic carbocycles. The Morgan fingerprint density at radius 2 is 2.12 bits per heavy atom. The highest BCUT2D eigenvalue weighted by molar-refractivity contribution is 9.11. The van der Waals surface area contributed by atoms with Crippen LogP contribution in [0.5, 0.6) is 0 Å². The van der Waals surface area contributed by atoms with Crippen LogP contribution in [-0.4, -0.2) is 37.6 Å². The number of amides is 1. The maximum Gasteiger partial charge on any atom is 0.255 e. The van der Waals surface area contributed by atoms with Gasteiger partial charge in [0.1, 0.15) is 0 Å². The average Bonchev–Trinajstić information content (AvgIpc) is 2.29. The lowest BCUT2D eigenvalue weighted by Gasteiger charge is -2.21. The number of hydrogen-bond acceptors (Lipinski definition) is 2. The van der Waals surface area contributed by atoms with Crippen LogP contribution >= 0.6 is 31.9 Å². The molecule has 1 amide bonds. The van der Waals surface area contributed by atoms with Crippen LogP contribution in [0.15, 0.2) is 27.1 Å². The number of carbonyl (C=O) groups excluding carboxylic acids is 1. The monoisotopic (exact) mass is 363 g/mol. The van der Waals surface area contributed by atoms with E-state index in [1.54, 1.807) is 12.0 Å². The first-order valence-electron chi connectivity index (χ1n) is 5.33.